The molecule has 3 nitrogen and oxygen atoms in total. The first-order chi connectivity index (χ1) is 8.63. The van der Waals surface area contributed by atoms with Crippen molar-refractivity contribution >= 4 is 11.3 Å². The van der Waals surface area contributed by atoms with Crippen LogP contribution in [-0.2, 0) is 6.54 Å². The van der Waals surface area contributed by atoms with Crippen LogP contribution in [0.2, 0.25) is 0 Å². The van der Waals surface area contributed by atoms with E-state index in [1.165, 1.54) is 22.7 Å². The van der Waals surface area contributed by atoms with Gasteiger partial charge in [0.1, 0.15) is 5.01 Å². The van der Waals surface area contributed by atoms with Gasteiger partial charge in [-0.25, -0.2) is 4.98 Å². The average Bonchev–Trinajstić information content (AvgIpc) is 2.73. The molecule has 1 aromatic rings. The summed E-state index contributed by atoms with van der Waals surface area (Å²) in [5.74, 6) is 1.52. The second kappa shape index (κ2) is 8.62. The number of rotatable bonds is 9. The fourth-order valence-corrected chi connectivity index (χ4v) is 2.95. The van der Waals surface area contributed by atoms with Gasteiger partial charge in [-0.05, 0) is 51.1 Å². The van der Waals surface area contributed by atoms with E-state index in [1.54, 1.807) is 11.3 Å². The van der Waals surface area contributed by atoms with Crippen molar-refractivity contribution in [1.82, 2.24) is 10.3 Å². The van der Waals surface area contributed by atoms with Gasteiger partial charge in [-0.15, -0.1) is 11.3 Å². The van der Waals surface area contributed by atoms with Crippen LogP contribution in [0.4, 0.5) is 0 Å². The number of nitrogens with zero attached hydrogens (tertiary/aromatic N) is 1. The number of aryl methyl sites for hydroxylation is 1. The highest BCUT2D eigenvalue weighted by Gasteiger charge is 2.11. The molecule has 0 aliphatic carbocycles. The van der Waals surface area contributed by atoms with Crippen molar-refractivity contribution in [2.75, 3.05) is 13.1 Å². The molecule has 0 saturated heterocycles. The summed E-state index contributed by atoms with van der Waals surface area (Å²) in [6.45, 7) is 9.49. The summed E-state index contributed by atoms with van der Waals surface area (Å²) in [4.78, 5) is 5.63. The fourth-order valence-electron chi connectivity index (χ4n) is 2.19. The average molecular weight is 269 g/mol. The maximum absolute atomic E-state index is 5.65. The summed E-state index contributed by atoms with van der Waals surface area (Å²) >= 11 is 1.77. The molecule has 0 saturated carbocycles. The van der Waals surface area contributed by atoms with Gasteiger partial charge in [0.25, 0.3) is 0 Å². The number of nitrogens with one attached hydrogen (secondary N) is 1. The van der Waals surface area contributed by atoms with Crippen molar-refractivity contribution < 1.29 is 0 Å². The molecule has 0 aromatic carbocycles. The Kier molecular flexibility index (Phi) is 7.47. The lowest BCUT2D eigenvalue weighted by Crippen LogP contribution is -2.18. The van der Waals surface area contributed by atoms with Crippen molar-refractivity contribution in [3.05, 3.63) is 16.1 Å². The molecule has 4 heteroatoms. The minimum Gasteiger partial charge on any atom is -0.330 e. The first-order valence-electron chi connectivity index (χ1n) is 6.95. The SMILES string of the molecule is Cc1cnc(CNCCCC(CCN)C(C)C)s1. The normalized spacial score (nSPS) is 13.2. The van der Waals surface area contributed by atoms with Crippen LogP contribution in [0.3, 0.4) is 0 Å². The van der Waals surface area contributed by atoms with Gasteiger partial charge in [-0.1, -0.05) is 13.8 Å². The van der Waals surface area contributed by atoms with Crippen molar-refractivity contribution in [3.8, 4) is 0 Å². The first kappa shape index (κ1) is 15.6. The zero-order chi connectivity index (χ0) is 13.4. The van der Waals surface area contributed by atoms with Gasteiger partial charge in [-0.2, -0.15) is 0 Å². The Bertz CT molecular complexity index is 323. The highest BCUT2D eigenvalue weighted by atomic mass is 32.1. The zero-order valence-electron chi connectivity index (χ0n) is 11.9. The molecule has 1 rings (SSSR count). The van der Waals surface area contributed by atoms with Gasteiger partial charge in [0.15, 0.2) is 0 Å². The van der Waals surface area contributed by atoms with E-state index in [9.17, 15) is 0 Å². The Morgan fingerprint density at radius 2 is 2.17 bits per heavy atom. The van der Waals surface area contributed by atoms with Gasteiger partial charge >= 0.3 is 0 Å². The summed E-state index contributed by atoms with van der Waals surface area (Å²) < 4.78 is 0. The van der Waals surface area contributed by atoms with Gasteiger partial charge in [-0.3, -0.25) is 0 Å². The van der Waals surface area contributed by atoms with E-state index >= 15 is 0 Å². The van der Waals surface area contributed by atoms with Crippen LogP contribution in [0.1, 0.15) is 43.0 Å². The van der Waals surface area contributed by atoms with Gasteiger partial charge in [0.05, 0.1) is 0 Å². The Labute approximate surface area is 115 Å². The number of thiazole rings is 1. The first-order valence-corrected chi connectivity index (χ1v) is 7.77. The molecule has 0 aliphatic heterocycles. The third-order valence-corrected chi connectivity index (χ3v) is 4.27. The predicted molar refractivity (Wildman–Crippen MR) is 79.8 cm³/mol. The molecule has 0 radical (unpaired) electrons. The van der Waals surface area contributed by atoms with E-state index in [0.29, 0.717) is 0 Å². The van der Waals surface area contributed by atoms with Crippen LogP contribution in [0, 0.1) is 18.8 Å². The second-order valence-electron chi connectivity index (χ2n) is 5.27. The Morgan fingerprint density at radius 3 is 2.72 bits per heavy atom. The van der Waals surface area contributed by atoms with Crippen LogP contribution < -0.4 is 11.1 Å². The highest BCUT2D eigenvalue weighted by Crippen LogP contribution is 2.20. The lowest BCUT2D eigenvalue weighted by atomic mass is 9.88. The number of hydrogen-bond acceptors (Lipinski definition) is 4. The molecule has 3 N–H and O–H groups in total. The maximum atomic E-state index is 5.65. The number of hydrogen-bond donors (Lipinski definition) is 2. The van der Waals surface area contributed by atoms with Gasteiger partial charge in [0.2, 0.25) is 0 Å². The molecule has 0 amide bonds. The van der Waals surface area contributed by atoms with E-state index < -0.39 is 0 Å². The van der Waals surface area contributed by atoms with Crippen LogP contribution in [0.5, 0.6) is 0 Å². The molecular weight excluding hydrogens is 242 g/mol. The quantitative estimate of drug-likeness (QED) is 0.678. The molecule has 1 heterocycles. The molecule has 1 atom stereocenters. The van der Waals surface area contributed by atoms with Gasteiger partial charge in [0, 0.05) is 17.6 Å². The van der Waals surface area contributed by atoms with E-state index in [0.717, 1.165) is 37.9 Å². The summed E-state index contributed by atoms with van der Waals surface area (Å²) in [7, 11) is 0. The molecular formula is C14H27N3S. The second-order valence-corrected chi connectivity index (χ2v) is 6.58. The van der Waals surface area contributed by atoms with Gasteiger partial charge < -0.3 is 11.1 Å². The minimum absolute atomic E-state index is 0.746. The van der Waals surface area contributed by atoms with Crippen LogP contribution in [-0.4, -0.2) is 18.1 Å². The Morgan fingerprint density at radius 1 is 1.39 bits per heavy atom. The molecule has 18 heavy (non-hydrogen) atoms. The summed E-state index contributed by atoms with van der Waals surface area (Å²) in [5.41, 5.74) is 5.65. The van der Waals surface area contributed by atoms with Crippen LogP contribution in [0.25, 0.3) is 0 Å². The monoisotopic (exact) mass is 269 g/mol. The van der Waals surface area contributed by atoms with E-state index in [4.69, 9.17) is 5.73 Å². The summed E-state index contributed by atoms with van der Waals surface area (Å²) in [6.07, 6.45) is 5.60. The van der Waals surface area contributed by atoms with Crippen molar-refractivity contribution in [3.63, 3.8) is 0 Å². The maximum Gasteiger partial charge on any atom is 0.107 e. The van der Waals surface area contributed by atoms with Crippen molar-refractivity contribution in [2.45, 2.75) is 46.6 Å². The van der Waals surface area contributed by atoms with Crippen LogP contribution >= 0.6 is 11.3 Å². The molecule has 0 bridgehead atoms. The number of aromatic nitrogens is 1. The smallest absolute Gasteiger partial charge is 0.107 e. The Balaban J connectivity index is 2.10. The standard InChI is InChI=1S/C14H27N3S/c1-11(2)13(6-7-15)5-4-8-16-10-14-17-9-12(3)18-14/h9,11,13,16H,4-8,10,15H2,1-3H3. The van der Waals surface area contributed by atoms with Crippen molar-refractivity contribution in [2.24, 2.45) is 17.6 Å². The largest absolute Gasteiger partial charge is 0.330 e. The van der Waals surface area contributed by atoms with Crippen LogP contribution in [0.15, 0.2) is 6.20 Å². The fraction of sp³-hybridized carbons (Fsp3) is 0.786. The molecule has 1 unspecified atom stereocenters. The zero-order valence-corrected chi connectivity index (χ0v) is 12.7. The van der Waals surface area contributed by atoms with E-state index in [2.05, 4.69) is 31.1 Å². The molecule has 0 aliphatic rings. The third-order valence-electron chi connectivity index (χ3n) is 3.35. The lowest BCUT2D eigenvalue weighted by molar-refractivity contribution is 0.331. The van der Waals surface area contributed by atoms with E-state index in [1.807, 2.05) is 6.20 Å². The summed E-state index contributed by atoms with van der Waals surface area (Å²) in [5, 5.41) is 4.66. The highest BCUT2D eigenvalue weighted by molar-refractivity contribution is 7.11. The Hall–Kier alpha value is -0.450. The minimum atomic E-state index is 0.746. The van der Waals surface area contributed by atoms with Crippen molar-refractivity contribution in [1.29, 1.82) is 0 Å². The summed E-state index contributed by atoms with van der Waals surface area (Å²) in [6, 6.07) is 0. The molecule has 1 aromatic heterocycles. The molecule has 0 fully saturated rings. The lowest BCUT2D eigenvalue weighted by Gasteiger charge is -2.19. The van der Waals surface area contributed by atoms with E-state index in [-0.39, 0.29) is 0 Å². The molecule has 0 spiro atoms. The predicted octanol–water partition coefficient (Wildman–Crippen LogP) is 2.94. The third kappa shape index (κ3) is 5.94. The topological polar surface area (TPSA) is 50.9 Å². The number of nitrogens with two attached hydrogens (primary N) is 1. The molecule has 104 valence electrons.